The van der Waals surface area contributed by atoms with E-state index in [1.807, 2.05) is 0 Å². The van der Waals surface area contributed by atoms with Gasteiger partial charge in [-0.3, -0.25) is 0 Å². The Morgan fingerprint density at radius 3 is 2.33 bits per heavy atom. The first-order valence-electron chi connectivity index (χ1n) is 13.9. The molecule has 238 valence electrons. The Morgan fingerprint density at radius 1 is 1.07 bits per heavy atom. The topological polar surface area (TPSA) is 176 Å². The van der Waals surface area contributed by atoms with Gasteiger partial charge in [-0.25, -0.2) is 13.2 Å². The van der Waals surface area contributed by atoms with Crippen molar-refractivity contribution in [2.75, 3.05) is 33.4 Å². The Bertz CT molecular complexity index is 1370. The normalized spacial score (nSPS) is 20.9. The number of phosphoric ester groups is 1. The van der Waals surface area contributed by atoms with E-state index in [1.165, 1.54) is 31.4 Å². The summed E-state index contributed by atoms with van der Waals surface area (Å²) in [6.07, 6.45) is -2.89. The van der Waals surface area contributed by atoms with Crippen LogP contribution in [0, 0.1) is 11.8 Å². The van der Waals surface area contributed by atoms with Crippen LogP contribution in [0.15, 0.2) is 59.5 Å². The summed E-state index contributed by atoms with van der Waals surface area (Å²) in [5.41, 5.74) is 0.676. The molecule has 0 aromatic heterocycles. The monoisotopic (exact) mass is 686 g/mol. The van der Waals surface area contributed by atoms with Gasteiger partial charge in [0.05, 0.1) is 51.1 Å². The molecular weight excluding hydrogens is 649 g/mol. The Kier molecular flexibility index (Phi) is 16.5. The molecule has 45 heavy (non-hydrogen) atoms. The molecule has 1 N–H and O–H groups in total. The van der Waals surface area contributed by atoms with Crippen molar-refractivity contribution in [1.29, 1.82) is 0 Å². The van der Waals surface area contributed by atoms with Crippen molar-refractivity contribution in [2.24, 2.45) is 11.8 Å². The van der Waals surface area contributed by atoms with Crippen molar-refractivity contribution in [3.05, 3.63) is 60.2 Å². The first kappa shape index (κ1) is 40.6. The summed E-state index contributed by atoms with van der Waals surface area (Å²) >= 11 is 0. The van der Waals surface area contributed by atoms with Gasteiger partial charge in [0.25, 0.3) is 0 Å². The van der Waals surface area contributed by atoms with Crippen molar-refractivity contribution in [2.45, 2.75) is 56.1 Å². The standard InChI is InChI=1S/C28H39N2O11PS.2Na/c1-19(2)16-30(43(35,36)22-11-9-21(37-3)10-12-22)17-25(41-42(32,33)34)24(15-20-7-5-4-6-8-20)29-28(31)40-26-18-39-27-23(26)13-14-38-27;;/h4-12,19,23-27H,13-18H2,1-3H3,(H,29,31)(H2,32,33,34);;/q;2*+1/p-2/t23-,24-,25?,26-,27+;;/m0../s1. The molecule has 2 saturated heterocycles. The van der Waals surface area contributed by atoms with E-state index in [9.17, 15) is 27.6 Å². The maximum atomic E-state index is 13.8. The molecule has 2 heterocycles. The number of ether oxygens (including phenoxy) is 4. The predicted molar refractivity (Wildman–Crippen MR) is 150 cm³/mol. The number of sulfonamides is 1. The summed E-state index contributed by atoms with van der Waals surface area (Å²) in [5, 5.41) is 2.64. The van der Waals surface area contributed by atoms with Crippen LogP contribution in [0.5, 0.6) is 5.75 Å². The minimum atomic E-state index is -5.66. The SMILES string of the molecule is COc1ccc(S(=O)(=O)N(CC(C)C)CC(OP(=O)([O-])[O-])[C@H](Cc2ccccc2)NC(=O)O[C@H]2CO[C@H]3OCC[C@H]32)cc1.[Na+].[Na+]. The summed E-state index contributed by atoms with van der Waals surface area (Å²) in [7, 11) is -8.42. The molecule has 1 amide bonds. The van der Waals surface area contributed by atoms with Gasteiger partial charge >= 0.3 is 65.2 Å². The van der Waals surface area contributed by atoms with Crippen LogP contribution in [-0.4, -0.2) is 76.8 Å². The average molecular weight is 687 g/mol. The predicted octanol–water partition coefficient (Wildman–Crippen LogP) is -4.34. The van der Waals surface area contributed by atoms with Gasteiger partial charge in [0.2, 0.25) is 10.0 Å². The first-order valence-corrected chi connectivity index (χ1v) is 16.8. The first-order chi connectivity index (χ1) is 20.4. The van der Waals surface area contributed by atoms with E-state index in [0.29, 0.717) is 24.3 Å². The zero-order valence-corrected chi connectivity index (χ0v) is 31.9. The number of carbonyl (C=O) groups excluding carboxylic acids is 1. The average Bonchev–Trinajstić information content (AvgIpc) is 3.57. The van der Waals surface area contributed by atoms with E-state index in [-0.39, 0.29) is 95.4 Å². The number of phosphoric acid groups is 1. The molecule has 13 nitrogen and oxygen atoms in total. The summed E-state index contributed by atoms with van der Waals surface area (Å²) in [6, 6.07) is 13.3. The fourth-order valence-corrected chi connectivity index (χ4v) is 7.35. The maximum Gasteiger partial charge on any atom is 1.00 e. The van der Waals surface area contributed by atoms with E-state index < -0.39 is 55.0 Å². The third-order valence-corrected chi connectivity index (χ3v) is 9.58. The molecule has 2 aromatic carbocycles. The second-order valence-corrected chi connectivity index (χ2v) is 13.9. The number of carbonyl (C=O) groups is 1. The van der Waals surface area contributed by atoms with Crippen LogP contribution in [0.3, 0.4) is 0 Å². The van der Waals surface area contributed by atoms with Crippen molar-refractivity contribution < 1.29 is 110 Å². The van der Waals surface area contributed by atoms with E-state index >= 15 is 0 Å². The van der Waals surface area contributed by atoms with Gasteiger partial charge in [0.1, 0.15) is 11.9 Å². The van der Waals surface area contributed by atoms with Gasteiger partial charge in [-0.1, -0.05) is 44.2 Å². The second kappa shape index (κ2) is 18.3. The number of amides is 1. The largest absolute Gasteiger partial charge is 1.00 e. The minimum absolute atomic E-state index is 0. The molecule has 0 spiro atoms. The quantitative estimate of drug-likeness (QED) is 0.150. The number of nitrogens with one attached hydrogen (secondary N) is 1. The molecule has 2 fully saturated rings. The fraction of sp³-hybridized carbons (Fsp3) is 0.536. The van der Waals surface area contributed by atoms with E-state index in [2.05, 4.69) is 5.32 Å². The molecule has 0 saturated carbocycles. The molecule has 5 atom stereocenters. The van der Waals surface area contributed by atoms with Gasteiger partial charge in [-0.15, -0.1) is 0 Å². The van der Waals surface area contributed by atoms with Crippen LogP contribution in [0.2, 0.25) is 0 Å². The molecule has 4 rings (SSSR count). The molecule has 1 unspecified atom stereocenters. The molecular formula is C28H37N2Na2O11PS. The minimum Gasteiger partial charge on any atom is -0.790 e. The van der Waals surface area contributed by atoms with Crippen molar-refractivity contribution in [3.8, 4) is 5.75 Å². The Labute approximate surface area is 308 Å². The Morgan fingerprint density at radius 2 is 1.73 bits per heavy atom. The molecule has 0 aliphatic carbocycles. The number of methoxy groups -OCH3 is 1. The molecule has 17 heteroatoms. The Balaban J connectivity index is 0.00000353. The number of benzene rings is 2. The van der Waals surface area contributed by atoms with Crippen LogP contribution >= 0.6 is 7.82 Å². The van der Waals surface area contributed by atoms with Gasteiger partial charge in [0.15, 0.2) is 6.29 Å². The number of hydrogen-bond acceptors (Lipinski definition) is 11. The van der Waals surface area contributed by atoms with E-state index in [4.69, 9.17) is 23.5 Å². The van der Waals surface area contributed by atoms with Crippen LogP contribution in [0.4, 0.5) is 4.79 Å². The number of rotatable bonds is 14. The second-order valence-electron chi connectivity index (χ2n) is 10.9. The van der Waals surface area contributed by atoms with Crippen LogP contribution in [0.1, 0.15) is 25.8 Å². The summed E-state index contributed by atoms with van der Waals surface area (Å²) in [4.78, 5) is 37.0. The molecule has 0 bridgehead atoms. The number of fused-ring (bicyclic) bond motifs is 1. The number of hydrogen-bond donors (Lipinski definition) is 1. The molecule has 0 radical (unpaired) electrons. The summed E-state index contributed by atoms with van der Waals surface area (Å²) in [5.74, 6) is 0.113. The summed E-state index contributed by atoms with van der Waals surface area (Å²) in [6.45, 7) is 3.61. The third-order valence-electron chi connectivity index (χ3n) is 7.21. The smallest absolute Gasteiger partial charge is 0.790 e. The number of alkyl carbamates (subject to hydrolysis) is 1. The molecule has 2 aliphatic rings. The van der Waals surface area contributed by atoms with Gasteiger partial charge in [0, 0.05) is 13.1 Å². The van der Waals surface area contributed by atoms with Gasteiger partial charge in [-0.05, 0) is 48.6 Å². The van der Waals surface area contributed by atoms with Crippen molar-refractivity contribution >= 4 is 23.9 Å². The van der Waals surface area contributed by atoms with Gasteiger partial charge < -0.3 is 43.1 Å². The van der Waals surface area contributed by atoms with Crippen LogP contribution < -0.4 is 79.0 Å². The third kappa shape index (κ3) is 11.8. The Hall–Kier alpha value is -0.550. The van der Waals surface area contributed by atoms with Crippen LogP contribution in [0.25, 0.3) is 0 Å². The van der Waals surface area contributed by atoms with E-state index in [0.717, 1.165) is 4.31 Å². The van der Waals surface area contributed by atoms with Crippen LogP contribution in [-0.2, 0) is 39.7 Å². The zero-order valence-electron chi connectivity index (χ0n) is 26.2. The zero-order chi connectivity index (χ0) is 31.2. The van der Waals surface area contributed by atoms with Gasteiger partial charge in [-0.2, -0.15) is 4.31 Å². The molecule has 2 aliphatic heterocycles. The number of nitrogens with zero attached hydrogens (tertiary/aromatic N) is 1. The fourth-order valence-electron chi connectivity index (χ4n) is 5.19. The maximum absolute atomic E-state index is 13.8. The van der Waals surface area contributed by atoms with Crippen molar-refractivity contribution in [3.63, 3.8) is 0 Å². The van der Waals surface area contributed by atoms with E-state index in [1.54, 1.807) is 44.2 Å². The summed E-state index contributed by atoms with van der Waals surface area (Å²) < 4.78 is 67.3. The van der Waals surface area contributed by atoms with Crippen molar-refractivity contribution in [1.82, 2.24) is 9.62 Å². The molecule has 2 aromatic rings.